The molecule has 0 aliphatic heterocycles. The van der Waals surface area contributed by atoms with E-state index in [1.807, 2.05) is 7.05 Å². The van der Waals surface area contributed by atoms with Crippen LogP contribution in [-0.2, 0) is 19.3 Å². The summed E-state index contributed by atoms with van der Waals surface area (Å²) in [6.45, 7) is 11.2. The number of benzene rings is 3. The number of rotatable bonds is 9. The lowest BCUT2D eigenvalue weighted by atomic mass is 9.86. The molecule has 196 valence electrons. The summed E-state index contributed by atoms with van der Waals surface area (Å²) in [7, 11) is 1.96. The Bertz CT molecular complexity index is 1290. The summed E-state index contributed by atoms with van der Waals surface area (Å²) in [5, 5.41) is 0. The monoisotopic (exact) mass is 501 g/mol. The van der Waals surface area contributed by atoms with Crippen LogP contribution in [0.1, 0.15) is 62.3 Å². The van der Waals surface area contributed by atoms with Gasteiger partial charge in [-0.25, -0.2) is 0 Å². The Morgan fingerprint density at radius 1 is 0.789 bits per heavy atom. The molecule has 0 bridgehead atoms. The van der Waals surface area contributed by atoms with Gasteiger partial charge in [0, 0.05) is 18.3 Å². The van der Waals surface area contributed by atoms with Crippen molar-refractivity contribution >= 4 is 5.71 Å². The first-order valence-corrected chi connectivity index (χ1v) is 14.1. The quantitative estimate of drug-likeness (QED) is 0.277. The Kier molecular flexibility index (Phi) is 9.71. The van der Waals surface area contributed by atoms with E-state index in [-0.39, 0.29) is 0 Å². The second kappa shape index (κ2) is 13.4. The third kappa shape index (κ3) is 7.32. The average molecular weight is 502 g/mol. The Morgan fingerprint density at radius 2 is 1.34 bits per heavy atom. The summed E-state index contributed by atoms with van der Waals surface area (Å²) >= 11 is 0. The highest BCUT2D eigenvalue weighted by Gasteiger charge is 2.27. The molecule has 3 aromatic carbocycles. The molecule has 1 nitrogen and oxygen atoms in total. The van der Waals surface area contributed by atoms with Gasteiger partial charge >= 0.3 is 0 Å². The Labute approximate surface area is 230 Å². The Balaban J connectivity index is 1.51. The number of hydrogen-bond acceptors (Lipinski definition) is 1. The number of aliphatic imine (C=N–C) groups is 1. The van der Waals surface area contributed by atoms with Crippen LogP contribution >= 0.6 is 0 Å². The minimum absolute atomic E-state index is 0.427. The molecule has 2 unspecified atom stereocenters. The molecule has 0 heterocycles. The second-order valence-electron chi connectivity index (χ2n) is 11.0. The van der Waals surface area contributed by atoms with Gasteiger partial charge in [0.15, 0.2) is 0 Å². The molecular weight excluding hydrogens is 458 g/mol. The van der Waals surface area contributed by atoms with E-state index >= 15 is 0 Å². The van der Waals surface area contributed by atoms with Crippen molar-refractivity contribution < 1.29 is 0 Å². The van der Waals surface area contributed by atoms with Crippen LogP contribution in [0.4, 0.5) is 0 Å². The summed E-state index contributed by atoms with van der Waals surface area (Å²) in [4.78, 5) is 4.86. The van der Waals surface area contributed by atoms with E-state index < -0.39 is 0 Å². The topological polar surface area (TPSA) is 12.4 Å². The molecule has 3 aromatic rings. The van der Waals surface area contributed by atoms with Crippen LogP contribution in [0, 0.1) is 11.8 Å². The maximum absolute atomic E-state index is 4.86. The van der Waals surface area contributed by atoms with E-state index in [9.17, 15) is 0 Å². The lowest BCUT2D eigenvalue weighted by Gasteiger charge is -2.20. The molecule has 0 spiro atoms. The molecule has 2 atom stereocenters. The summed E-state index contributed by atoms with van der Waals surface area (Å²) in [5.74, 6) is 0.951. The molecule has 38 heavy (non-hydrogen) atoms. The van der Waals surface area contributed by atoms with Gasteiger partial charge in [-0.2, -0.15) is 0 Å². The highest BCUT2D eigenvalue weighted by Crippen LogP contribution is 2.36. The third-order valence-electron chi connectivity index (χ3n) is 7.89. The van der Waals surface area contributed by atoms with Gasteiger partial charge in [0.05, 0.1) is 0 Å². The zero-order chi connectivity index (χ0) is 26.9. The van der Waals surface area contributed by atoms with Gasteiger partial charge in [-0.05, 0) is 92.0 Å². The molecule has 0 aromatic heterocycles. The highest BCUT2D eigenvalue weighted by molar-refractivity contribution is 6.07. The summed E-state index contributed by atoms with van der Waals surface area (Å²) in [5.41, 5.74) is 12.0. The van der Waals surface area contributed by atoms with Gasteiger partial charge in [-0.3, -0.25) is 4.99 Å². The lowest BCUT2D eigenvalue weighted by molar-refractivity contribution is 0.498. The van der Waals surface area contributed by atoms with Crippen molar-refractivity contribution in [2.75, 3.05) is 7.05 Å². The van der Waals surface area contributed by atoms with E-state index in [0.717, 1.165) is 44.1 Å². The van der Waals surface area contributed by atoms with E-state index in [1.165, 1.54) is 44.7 Å². The minimum Gasteiger partial charge on any atom is -0.292 e. The fourth-order valence-corrected chi connectivity index (χ4v) is 5.78. The van der Waals surface area contributed by atoms with Crippen LogP contribution in [0.3, 0.4) is 0 Å². The smallest absolute Gasteiger partial charge is 0.0450 e. The van der Waals surface area contributed by atoms with E-state index in [0.29, 0.717) is 11.8 Å². The van der Waals surface area contributed by atoms with Crippen LogP contribution in [-0.4, -0.2) is 12.8 Å². The molecule has 0 saturated carbocycles. The SMILES string of the molecule is C=C(C)C1=CC(CCc2ccccc2)CC(C)C(=NC)/C1=C(/C)CCc1ccc(Cc2ccccc2)cc1. The molecule has 0 N–H and O–H groups in total. The molecule has 1 aliphatic carbocycles. The maximum Gasteiger partial charge on any atom is 0.0450 e. The number of allylic oxidation sites excluding steroid dienone is 5. The van der Waals surface area contributed by atoms with Crippen LogP contribution in [0.5, 0.6) is 0 Å². The van der Waals surface area contributed by atoms with E-state index in [4.69, 9.17) is 4.99 Å². The van der Waals surface area contributed by atoms with Crippen LogP contribution in [0.25, 0.3) is 0 Å². The predicted molar refractivity (Wildman–Crippen MR) is 165 cm³/mol. The van der Waals surface area contributed by atoms with Crippen molar-refractivity contribution in [2.45, 2.75) is 59.3 Å². The van der Waals surface area contributed by atoms with Gasteiger partial charge in [-0.15, -0.1) is 0 Å². The fourth-order valence-electron chi connectivity index (χ4n) is 5.78. The van der Waals surface area contributed by atoms with Gasteiger partial charge in [0.1, 0.15) is 0 Å². The lowest BCUT2D eigenvalue weighted by Crippen LogP contribution is -2.17. The second-order valence-corrected chi connectivity index (χ2v) is 11.0. The van der Waals surface area contributed by atoms with Crippen molar-refractivity contribution in [3.8, 4) is 0 Å². The molecule has 0 radical (unpaired) electrons. The molecule has 4 rings (SSSR count). The predicted octanol–water partition coefficient (Wildman–Crippen LogP) is 9.39. The van der Waals surface area contributed by atoms with E-state index in [1.54, 1.807) is 0 Å². The summed E-state index contributed by atoms with van der Waals surface area (Å²) in [6.07, 6.45) is 8.95. The molecule has 1 heteroatoms. The first kappa shape index (κ1) is 27.6. The van der Waals surface area contributed by atoms with Crippen molar-refractivity contribution in [1.29, 1.82) is 0 Å². The largest absolute Gasteiger partial charge is 0.292 e. The summed E-state index contributed by atoms with van der Waals surface area (Å²) < 4.78 is 0. The van der Waals surface area contributed by atoms with E-state index in [2.05, 4.69) is 118 Å². The summed E-state index contributed by atoms with van der Waals surface area (Å²) in [6, 6.07) is 30.7. The molecular formula is C37H43N. The normalized spacial score (nSPS) is 20.1. The third-order valence-corrected chi connectivity index (χ3v) is 7.89. The molecule has 0 fully saturated rings. The molecule has 1 aliphatic rings. The van der Waals surface area contributed by atoms with Gasteiger partial charge in [0.25, 0.3) is 0 Å². The van der Waals surface area contributed by atoms with Gasteiger partial charge in [0.2, 0.25) is 0 Å². The Hall–Kier alpha value is -3.45. The van der Waals surface area contributed by atoms with Crippen molar-refractivity contribution in [1.82, 2.24) is 0 Å². The minimum atomic E-state index is 0.427. The van der Waals surface area contributed by atoms with Crippen LogP contribution < -0.4 is 0 Å². The maximum atomic E-state index is 4.86. The zero-order valence-corrected chi connectivity index (χ0v) is 23.7. The van der Waals surface area contributed by atoms with Crippen molar-refractivity contribution in [3.05, 3.63) is 142 Å². The zero-order valence-electron chi connectivity index (χ0n) is 23.7. The van der Waals surface area contributed by atoms with Gasteiger partial charge in [-0.1, -0.05) is 116 Å². The number of aryl methyl sites for hydroxylation is 2. The average Bonchev–Trinajstić information content (AvgIpc) is 3.08. The standard InChI is InChI=1S/C37H43N/c1-27(2)35-26-34(23-20-30-12-8-6-9-13-30)24-29(4)37(38-5)36(35)28(3)16-17-31-18-21-33(22-19-31)25-32-14-10-7-11-15-32/h6-15,18-19,21-22,26,29,34H,1,16-17,20,23-25H2,2-5H3/b36-28-,38-37?. The first-order chi connectivity index (χ1) is 18.4. The Morgan fingerprint density at radius 3 is 1.95 bits per heavy atom. The number of nitrogens with zero attached hydrogens (tertiary/aromatic N) is 1. The number of hydrogen-bond donors (Lipinski definition) is 0. The molecule has 0 amide bonds. The van der Waals surface area contributed by atoms with Crippen LogP contribution in [0.2, 0.25) is 0 Å². The van der Waals surface area contributed by atoms with Gasteiger partial charge < -0.3 is 0 Å². The van der Waals surface area contributed by atoms with Crippen LogP contribution in [0.15, 0.2) is 125 Å². The highest BCUT2D eigenvalue weighted by atomic mass is 14.7. The van der Waals surface area contributed by atoms with Crippen molar-refractivity contribution in [2.24, 2.45) is 16.8 Å². The first-order valence-electron chi connectivity index (χ1n) is 14.1. The van der Waals surface area contributed by atoms with Crippen molar-refractivity contribution in [3.63, 3.8) is 0 Å². The fraction of sp³-hybridized carbons (Fsp3) is 0.324. The molecule has 0 saturated heterocycles.